The molecular formula is C18H19N3O10. The predicted molar refractivity (Wildman–Crippen MR) is 104 cm³/mol. The number of nitro benzene ring substituents is 2. The zero-order valence-electron chi connectivity index (χ0n) is 15.8. The van der Waals surface area contributed by atoms with Gasteiger partial charge in [-0.3, -0.25) is 20.2 Å². The van der Waals surface area contributed by atoms with E-state index in [9.17, 15) is 35.5 Å². The molecule has 0 unspecified atom stereocenters. The smallest absolute Gasteiger partial charge is 0.348 e. The summed E-state index contributed by atoms with van der Waals surface area (Å²) in [5.41, 5.74) is -0.570. The summed E-state index contributed by atoms with van der Waals surface area (Å²) in [7, 11) is 0. The Bertz CT molecular complexity index is 954. The van der Waals surface area contributed by atoms with Crippen molar-refractivity contribution in [1.82, 2.24) is 0 Å². The molecule has 0 bridgehead atoms. The number of aliphatic hydroxyl groups excluding tert-OH is 4. The average molecular weight is 437 g/mol. The number of aliphatic hydroxyl groups is 4. The fourth-order valence-corrected chi connectivity index (χ4v) is 3.04. The summed E-state index contributed by atoms with van der Waals surface area (Å²) in [4.78, 5) is 20.3. The first-order valence-corrected chi connectivity index (χ1v) is 8.98. The molecule has 2 aromatic carbocycles. The molecule has 5 atom stereocenters. The van der Waals surface area contributed by atoms with E-state index >= 15 is 0 Å². The molecular weight excluding hydrogens is 418 g/mol. The SMILES string of the molecule is O=[N+]([O-])c1ccc(Nc2ccc(O[C@@H]3[C@@H](O)[C@H](O)[C@@H](CO)O[C@@H]3O)cc2)cc1[N+](=O)[O-]. The predicted octanol–water partition coefficient (Wildman–Crippen LogP) is 0.425. The fourth-order valence-electron chi connectivity index (χ4n) is 3.04. The van der Waals surface area contributed by atoms with Gasteiger partial charge in [0.1, 0.15) is 24.1 Å². The van der Waals surface area contributed by atoms with Crippen LogP contribution < -0.4 is 10.1 Å². The maximum absolute atomic E-state index is 11.1. The molecule has 0 spiro atoms. The van der Waals surface area contributed by atoms with Gasteiger partial charge in [-0.2, -0.15) is 0 Å². The second-order valence-electron chi connectivity index (χ2n) is 6.68. The minimum atomic E-state index is -1.59. The molecule has 1 aliphatic rings. The molecule has 1 fully saturated rings. The van der Waals surface area contributed by atoms with Crippen LogP contribution in [-0.2, 0) is 4.74 Å². The van der Waals surface area contributed by atoms with E-state index in [1.165, 1.54) is 30.3 Å². The van der Waals surface area contributed by atoms with E-state index in [4.69, 9.17) is 14.6 Å². The number of ether oxygens (including phenoxy) is 2. The van der Waals surface area contributed by atoms with Crippen molar-refractivity contribution >= 4 is 22.7 Å². The number of rotatable bonds is 7. The lowest BCUT2D eigenvalue weighted by atomic mass is 9.99. The molecule has 1 aliphatic heterocycles. The van der Waals surface area contributed by atoms with Gasteiger partial charge in [0.15, 0.2) is 12.4 Å². The van der Waals surface area contributed by atoms with Crippen molar-refractivity contribution in [3.63, 3.8) is 0 Å². The Hall–Kier alpha value is -3.36. The highest BCUT2D eigenvalue weighted by Crippen LogP contribution is 2.31. The van der Waals surface area contributed by atoms with Crippen molar-refractivity contribution in [1.29, 1.82) is 0 Å². The first kappa shape index (κ1) is 22.3. The number of nitro groups is 2. The zero-order chi connectivity index (χ0) is 22.7. The molecule has 0 amide bonds. The first-order chi connectivity index (χ1) is 14.7. The molecule has 31 heavy (non-hydrogen) atoms. The number of benzene rings is 2. The van der Waals surface area contributed by atoms with E-state index in [-0.39, 0.29) is 11.4 Å². The van der Waals surface area contributed by atoms with Crippen LogP contribution in [0, 0.1) is 20.2 Å². The van der Waals surface area contributed by atoms with Crippen molar-refractivity contribution in [2.45, 2.75) is 30.7 Å². The van der Waals surface area contributed by atoms with E-state index in [0.717, 1.165) is 12.1 Å². The van der Waals surface area contributed by atoms with Crippen LogP contribution in [0.15, 0.2) is 42.5 Å². The zero-order valence-corrected chi connectivity index (χ0v) is 15.8. The summed E-state index contributed by atoms with van der Waals surface area (Å²) in [6.07, 6.45) is -7.03. The molecule has 13 nitrogen and oxygen atoms in total. The van der Waals surface area contributed by atoms with Crippen LogP contribution in [0.3, 0.4) is 0 Å². The highest BCUT2D eigenvalue weighted by Gasteiger charge is 2.45. The number of anilines is 2. The van der Waals surface area contributed by atoms with Crippen molar-refractivity contribution in [2.24, 2.45) is 0 Å². The highest BCUT2D eigenvalue weighted by atomic mass is 16.7. The summed E-state index contributed by atoms with van der Waals surface area (Å²) in [6.45, 7) is -0.594. The highest BCUT2D eigenvalue weighted by molar-refractivity contribution is 5.67. The molecule has 166 valence electrons. The van der Waals surface area contributed by atoms with Crippen LogP contribution in [0.1, 0.15) is 0 Å². The van der Waals surface area contributed by atoms with Crippen LogP contribution in [0.25, 0.3) is 0 Å². The van der Waals surface area contributed by atoms with E-state index < -0.39 is 58.5 Å². The normalized spacial score (nSPS) is 25.6. The topological polar surface area (TPSA) is 198 Å². The van der Waals surface area contributed by atoms with Gasteiger partial charge in [-0.15, -0.1) is 0 Å². The molecule has 5 N–H and O–H groups in total. The quantitative estimate of drug-likeness (QED) is 0.297. The molecule has 0 radical (unpaired) electrons. The Balaban J connectivity index is 1.70. The lowest BCUT2D eigenvalue weighted by molar-refractivity contribution is -0.422. The Morgan fingerprint density at radius 3 is 2.13 bits per heavy atom. The number of hydrogen-bond donors (Lipinski definition) is 5. The van der Waals surface area contributed by atoms with Crippen LogP contribution in [0.2, 0.25) is 0 Å². The summed E-state index contributed by atoms with van der Waals surface area (Å²) >= 11 is 0. The molecule has 0 aliphatic carbocycles. The monoisotopic (exact) mass is 437 g/mol. The summed E-state index contributed by atoms with van der Waals surface area (Å²) in [5, 5.41) is 63.9. The number of nitrogens with one attached hydrogen (secondary N) is 1. The molecule has 2 aromatic rings. The maximum atomic E-state index is 11.1. The molecule has 13 heteroatoms. The van der Waals surface area contributed by atoms with Crippen LogP contribution in [0.5, 0.6) is 5.75 Å². The van der Waals surface area contributed by atoms with Crippen LogP contribution >= 0.6 is 0 Å². The molecule has 3 rings (SSSR count). The molecule has 1 saturated heterocycles. The van der Waals surface area contributed by atoms with Crippen LogP contribution in [0.4, 0.5) is 22.7 Å². The van der Waals surface area contributed by atoms with E-state index in [0.29, 0.717) is 5.69 Å². The van der Waals surface area contributed by atoms with Gasteiger partial charge >= 0.3 is 11.4 Å². The standard InChI is InChI=1S/C18H19N3O10/c22-8-14-15(23)16(24)17(18(25)31-14)30-11-4-1-9(2-5-11)19-10-3-6-12(20(26)27)13(7-10)21(28)29/h1-7,14-19,22-25H,8H2/t14-,15-,16+,17-,18+/m1/s1. The fraction of sp³-hybridized carbons (Fsp3) is 0.333. The number of nitrogens with zero attached hydrogens (tertiary/aromatic N) is 2. The first-order valence-electron chi connectivity index (χ1n) is 8.98. The maximum Gasteiger partial charge on any atom is 0.348 e. The van der Waals surface area contributed by atoms with Gasteiger partial charge in [0, 0.05) is 23.5 Å². The summed E-state index contributed by atoms with van der Waals surface area (Å²) < 4.78 is 10.5. The molecule has 0 saturated carbocycles. The Kier molecular flexibility index (Phi) is 6.62. The van der Waals surface area contributed by atoms with Crippen molar-refractivity contribution < 1.29 is 39.7 Å². The van der Waals surface area contributed by atoms with Gasteiger partial charge in [-0.1, -0.05) is 0 Å². The minimum absolute atomic E-state index is 0.210. The minimum Gasteiger partial charge on any atom is -0.482 e. The Morgan fingerprint density at radius 2 is 1.55 bits per heavy atom. The van der Waals surface area contributed by atoms with Gasteiger partial charge in [0.2, 0.25) is 0 Å². The van der Waals surface area contributed by atoms with E-state index in [1.54, 1.807) is 0 Å². The average Bonchev–Trinajstić information content (AvgIpc) is 2.74. The van der Waals surface area contributed by atoms with Crippen LogP contribution in [-0.4, -0.2) is 67.6 Å². The summed E-state index contributed by atoms with van der Waals surface area (Å²) in [6, 6.07) is 9.36. The molecule has 0 aromatic heterocycles. The number of hydrogen-bond acceptors (Lipinski definition) is 11. The van der Waals surface area contributed by atoms with E-state index in [1.807, 2.05) is 0 Å². The summed E-state index contributed by atoms with van der Waals surface area (Å²) in [5.74, 6) is 0.210. The third kappa shape index (κ3) is 4.87. The van der Waals surface area contributed by atoms with Crippen molar-refractivity contribution in [3.05, 3.63) is 62.7 Å². The van der Waals surface area contributed by atoms with Gasteiger partial charge in [-0.25, -0.2) is 0 Å². The van der Waals surface area contributed by atoms with Crippen molar-refractivity contribution in [2.75, 3.05) is 11.9 Å². The Labute approximate surface area is 174 Å². The third-order valence-electron chi connectivity index (χ3n) is 4.63. The third-order valence-corrected chi connectivity index (χ3v) is 4.63. The van der Waals surface area contributed by atoms with E-state index in [2.05, 4.69) is 5.32 Å². The van der Waals surface area contributed by atoms with Crippen molar-refractivity contribution in [3.8, 4) is 5.75 Å². The lowest BCUT2D eigenvalue weighted by Crippen LogP contribution is -2.60. The van der Waals surface area contributed by atoms with Gasteiger partial charge < -0.3 is 35.2 Å². The molecule has 1 heterocycles. The van der Waals surface area contributed by atoms with Gasteiger partial charge in [0.25, 0.3) is 0 Å². The lowest BCUT2D eigenvalue weighted by Gasteiger charge is -2.39. The Morgan fingerprint density at radius 1 is 0.935 bits per heavy atom. The second-order valence-corrected chi connectivity index (χ2v) is 6.68. The van der Waals surface area contributed by atoms with Gasteiger partial charge in [0.05, 0.1) is 16.5 Å². The largest absolute Gasteiger partial charge is 0.482 e. The second kappa shape index (κ2) is 9.20. The van der Waals surface area contributed by atoms with Gasteiger partial charge in [-0.05, 0) is 30.3 Å².